The van der Waals surface area contributed by atoms with E-state index in [1.54, 1.807) is 0 Å². The lowest BCUT2D eigenvalue weighted by atomic mass is 10.1. The van der Waals surface area contributed by atoms with E-state index in [9.17, 15) is 18.0 Å². The highest BCUT2D eigenvalue weighted by molar-refractivity contribution is 5.90. The van der Waals surface area contributed by atoms with Gasteiger partial charge in [-0.2, -0.15) is 13.2 Å². The number of halogens is 3. The summed E-state index contributed by atoms with van der Waals surface area (Å²) in [6, 6.07) is 4.52. The van der Waals surface area contributed by atoms with E-state index in [4.69, 9.17) is 5.73 Å². The third kappa shape index (κ3) is 6.06. The summed E-state index contributed by atoms with van der Waals surface area (Å²) in [5.74, 6) is -0.200. The smallest absolute Gasteiger partial charge is 0.328 e. The first kappa shape index (κ1) is 16.5. The predicted octanol–water partition coefficient (Wildman–Crippen LogP) is 3.55. The van der Waals surface area contributed by atoms with Crippen LogP contribution in [-0.4, -0.2) is 11.9 Å². The third-order valence-corrected chi connectivity index (χ3v) is 2.81. The van der Waals surface area contributed by atoms with Crippen molar-refractivity contribution in [3.8, 4) is 0 Å². The summed E-state index contributed by atoms with van der Waals surface area (Å²) in [6.45, 7) is 1.91. The van der Waals surface area contributed by atoms with Gasteiger partial charge in [0.15, 0.2) is 0 Å². The summed E-state index contributed by atoms with van der Waals surface area (Å²) in [5.41, 5.74) is 5.23. The monoisotopic (exact) mass is 288 g/mol. The molecule has 0 bridgehead atoms. The molecule has 20 heavy (non-hydrogen) atoms. The summed E-state index contributed by atoms with van der Waals surface area (Å²) in [6.07, 6.45) is -1.59. The fourth-order valence-corrected chi connectivity index (χ4v) is 1.72. The molecular weight excluding hydrogens is 269 g/mol. The number of hydrogen-bond acceptors (Lipinski definition) is 2. The molecule has 3 nitrogen and oxygen atoms in total. The standard InChI is InChI=1S/C14H19F3N2O/c1-10(18)4-2-3-5-13(20)19-12-8-6-11(7-9-12)14(15,16)17/h6-10H,2-5,18H2,1H3,(H,19,20)/t10-/m1/s1. The van der Waals surface area contributed by atoms with Gasteiger partial charge in [0.1, 0.15) is 0 Å². The van der Waals surface area contributed by atoms with Gasteiger partial charge in [-0.1, -0.05) is 6.42 Å². The second kappa shape index (κ2) is 7.28. The lowest BCUT2D eigenvalue weighted by molar-refractivity contribution is -0.137. The van der Waals surface area contributed by atoms with Gasteiger partial charge >= 0.3 is 6.18 Å². The van der Waals surface area contributed by atoms with E-state index in [0.29, 0.717) is 18.5 Å². The number of hydrogen-bond donors (Lipinski definition) is 2. The number of carbonyl (C=O) groups is 1. The summed E-state index contributed by atoms with van der Waals surface area (Å²) >= 11 is 0. The Labute approximate surface area is 116 Å². The van der Waals surface area contributed by atoms with E-state index in [1.165, 1.54) is 12.1 Å². The molecule has 0 aromatic heterocycles. The van der Waals surface area contributed by atoms with E-state index < -0.39 is 11.7 Å². The van der Waals surface area contributed by atoms with Gasteiger partial charge in [0.25, 0.3) is 0 Å². The quantitative estimate of drug-likeness (QED) is 0.786. The van der Waals surface area contributed by atoms with E-state index in [2.05, 4.69) is 5.32 Å². The number of nitrogens with two attached hydrogens (primary N) is 1. The number of unbranched alkanes of at least 4 members (excludes halogenated alkanes) is 1. The zero-order valence-corrected chi connectivity index (χ0v) is 11.3. The van der Waals surface area contributed by atoms with E-state index in [-0.39, 0.29) is 11.9 Å². The molecule has 0 aliphatic heterocycles. The first-order chi connectivity index (χ1) is 9.29. The fraction of sp³-hybridized carbons (Fsp3) is 0.500. The number of amides is 1. The molecule has 0 radical (unpaired) electrons. The Hall–Kier alpha value is -1.56. The van der Waals surface area contributed by atoms with Crippen LogP contribution < -0.4 is 11.1 Å². The highest BCUT2D eigenvalue weighted by atomic mass is 19.4. The van der Waals surface area contributed by atoms with Crippen molar-refractivity contribution in [2.45, 2.75) is 44.8 Å². The van der Waals surface area contributed by atoms with Crippen LogP contribution in [-0.2, 0) is 11.0 Å². The second-order valence-electron chi connectivity index (χ2n) is 4.85. The fourth-order valence-electron chi connectivity index (χ4n) is 1.72. The molecule has 1 aromatic carbocycles. The Kier molecular flexibility index (Phi) is 6.01. The molecule has 0 heterocycles. The minimum absolute atomic E-state index is 0.118. The minimum atomic E-state index is -4.36. The highest BCUT2D eigenvalue weighted by Crippen LogP contribution is 2.29. The normalized spacial score (nSPS) is 13.1. The zero-order chi connectivity index (χ0) is 15.2. The molecule has 1 atom stereocenters. The maximum Gasteiger partial charge on any atom is 0.416 e. The average Bonchev–Trinajstić information content (AvgIpc) is 2.34. The molecule has 1 amide bonds. The van der Waals surface area contributed by atoms with Crippen molar-refractivity contribution in [3.05, 3.63) is 29.8 Å². The van der Waals surface area contributed by atoms with Crippen molar-refractivity contribution in [1.82, 2.24) is 0 Å². The minimum Gasteiger partial charge on any atom is -0.328 e. The van der Waals surface area contributed by atoms with Gasteiger partial charge in [0.05, 0.1) is 5.56 Å². The Morgan fingerprint density at radius 1 is 1.25 bits per heavy atom. The summed E-state index contributed by atoms with van der Waals surface area (Å²) < 4.78 is 37.1. The van der Waals surface area contributed by atoms with Crippen LogP contribution in [0.3, 0.4) is 0 Å². The molecular formula is C14H19F3N2O. The largest absolute Gasteiger partial charge is 0.416 e. The topological polar surface area (TPSA) is 55.1 Å². The van der Waals surface area contributed by atoms with Crippen LogP contribution in [0.2, 0.25) is 0 Å². The first-order valence-electron chi connectivity index (χ1n) is 6.51. The van der Waals surface area contributed by atoms with Crippen molar-refractivity contribution in [1.29, 1.82) is 0 Å². The molecule has 3 N–H and O–H groups in total. The van der Waals surface area contributed by atoms with E-state index >= 15 is 0 Å². The van der Waals surface area contributed by atoms with Crippen LogP contribution in [0.15, 0.2) is 24.3 Å². The van der Waals surface area contributed by atoms with Crippen molar-refractivity contribution in [2.24, 2.45) is 5.73 Å². The van der Waals surface area contributed by atoms with Gasteiger partial charge in [0, 0.05) is 18.2 Å². The van der Waals surface area contributed by atoms with Crippen LogP contribution >= 0.6 is 0 Å². The van der Waals surface area contributed by atoms with E-state index in [1.807, 2.05) is 6.92 Å². The molecule has 0 fully saturated rings. The van der Waals surface area contributed by atoms with Gasteiger partial charge < -0.3 is 11.1 Å². The number of rotatable bonds is 6. The number of nitrogens with one attached hydrogen (secondary N) is 1. The van der Waals surface area contributed by atoms with Gasteiger partial charge in [-0.05, 0) is 44.0 Å². The number of carbonyl (C=O) groups excluding carboxylic acids is 1. The maximum atomic E-state index is 12.4. The SMILES string of the molecule is C[C@@H](N)CCCCC(=O)Nc1ccc(C(F)(F)F)cc1. The lowest BCUT2D eigenvalue weighted by Crippen LogP contribution is -2.15. The third-order valence-electron chi connectivity index (χ3n) is 2.81. The molecule has 1 rings (SSSR count). The summed E-state index contributed by atoms with van der Waals surface area (Å²) in [4.78, 5) is 11.6. The first-order valence-corrected chi connectivity index (χ1v) is 6.51. The van der Waals surface area contributed by atoms with Crippen LogP contribution in [0.5, 0.6) is 0 Å². The molecule has 0 aliphatic rings. The Balaban J connectivity index is 2.39. The van der Waals surface area contributed by atoms with Crippen molar-refractivity contribution in [3.63, 3.8) is 0 Å². The molecule has 0 saturated carbocycles. The number of benzene rings is 1. The highest BCUT2D eigenvalue weighted by Gasteiger charge is 2.29. The average molecular weight is 288 g/mol. The maximum absolute atomic E-state index is 12.4. The van der Waals surface area contributed by atoms with Crippen LogP contribution in [0.25, 0.3) is 0 Å². The Morgan fingerprint density at radius 3 is 2.35 bits per heavy atom. The second-order valence-corrected chi connectivity index (χ2v) is 4.85. The molecule has 112 valence electrons. The van der Waals surface area contributed by atoms with Crippen molar-refractivity contribution < 1.29 is 18.0 Å². The van der Waals surface area contributed by atoms with Crippen LogP contribution in [0, 0.1) is 0 Å². The van der Waals surface area contributed by atoms with Gasteiger partial charge in [-0.15, -0.1) is 0 Å². The Morgan fingerprint density at radius 2 is 1.85 bits per heavy atom. The van der Waals surface area contributed by atoms with Gasteiger partial charge in [-0.3, -0.25) is 4.79 Å². The molecule has 0 aliphatic carbocycles. The zero-order valence-electron chi connectivity index (χ0n) is 11.3. The van der Waals surface area contributed by atoms with Gasteiger partial charge in [-0.25, -0.2) is 0 Å². The predicted molar refractivity (Wildman–Crippen MR) is 72.2 cm³/mol. The number of alkyl halides is 3. The van der Waals surface area contributed by atoms with Crippen LogP contribution in [0.4, 0.5) is 18.9 Å². The molecule has 6 heteroatoms. The summed E-state index contributed by atoms with van der Waals surface area (Å²) in [7, 11) is 0. The summed E-state index contributed by atoms with van der Waals surface area (Å²) in [5, 5.41) is 2.57. The molecule has 0 spiro atoms. The molecule has 0 saturated heterocycles. The van der Waals surface area contributed by atoms with Crippen molar-refractivity contribution in [2.75, 3.05) is 5.32 Å². The van der Waals surface area contributed by atoms with Crippen LogP contribution in [0.1, 0.15) is 38.2 Å². The van der Waals surface area contributed by atoms with Gasteiger partial charge in [0.2, 0.25) is 5.91 Å². The Bertz CT molecular complexity index is 427. The lowest BCUT2D eigenvalue weighted by Gasteiger charge is -2.09. The number of anilines is 1. The van der Waals surface area contributed by atoms with E-state index in [0.717, 1.165) is 25.0 Å². The molecule has 1 aromatic rings. The van der Waals surface area contributed by atoms with Crippen molar-refractivity contribution >= 4 is 11.6 Å². The molecule has 0 unspecified atom stereocenters.